The lowest BCUT2D eigenvalue weighted by Gasteiger charge is -2.23. The molecule has 0 fully saturated rings. The molecule has 1 unspecified atom stereocenters. The summed E-state index contributed by atoms with van der Waals surface area (Å²) in [5, 5.41) is 8.84. The van der Waals surface area contributed by atoms with Gasteiger partial charge in [-0.3, -0.25) is 4.68 Å². The number of fused-ring (bicyclic) bond motifs is 1. The second kappa shape index (κ2) is 3.83. The van der Waals surface area contributed by atoms with Gasteiger partial charge in [0.15, 0.2) is 0 Å². The first-order chi connectivity index (χ1) is 8.58. The van der Waals surface area contributed by atoms with Gasteiger partial charge in [-0.2, -0.15) is 10.1 Å². The van der Waals surface area contributed by atoms with Crippen molar-refractivity contribution < 1.29 is 0 Å². The molecule has 1 aliphatic heterocycles. The maximum absolute atomic E-state index is 5.72. The van der Waals surface area contributed by atoms with E-state index < -0.39 is 0 Å². The summed E-state index contributed by atoms with van der Waals surface area (Å²) < 4.78 is 3.91. The molecule has 2 N–H and O–H groups in total. The Labute approximate surface area is 106 Å². The molecular formula is C12H18N6. The maximum Gasteiger partial charge on any atom is 0.239 e. The van der Waals surface area contributed by atoms with Crippen LogP contribution in [0.15, 0.2) is 0 Å². The van der Waals surface area contributed by atoms with E-state index in [1.807, 2.05) is 16.4 Å². The fourth-order valence-corrected chi connectivity index (χ4v) is 2.91. The highest BCUT2D eigenvalue weighted by Gasteiger charge is 2.28. The van der Waals surface area contributed by atoms with Crippen LogP contribution < -0.4 is 5.73 Å². The van der Waals surface area contributed by atoms with Crippen LogP contribution in [0.1, 0.15) is 41.7 Å². The molecule has 2 aromatic heterocycles. The van der Waals surface area contributed by atoms with Gasteiger partial charge in [-0.1, -0.05) is 0 Å². The minimum atomic E-state index is 0.229. The molecule has 3 rings (SSSR count). The molecule has 18 heavy (non-hydrogen) atoms. The number of hydrogen-bond donors (Lipinski definition) is 1. The van der Waals surface area contributed by atoms with Gasteiger partial charge in [-0.05, 0) is 26.7 Å². The fourth-order valence-electron chi connectivity index (χ4n) is 2.91. The van der Waals surface area contributed by atoms with Gasteiger partial charge in [0.2, 0.25) is 5.95 Å². The number of nitrogens with zero attached hydrogens (tertiary/aromatic N) is 5. The number of aromatic nitrogens is 5. The Morgan fingerprint density at radius 1 is 1.28 bits per heavy atom. The van der Waals surface area contributed by atoms with Crippen LogP contribution >= 0.6 is 0 Å². The fraction of sp³-hybridized carbons (Fsp3) is 0.583. The molecule has 0 saturated heterocycles. The topological polar surface area (TPSA) is 74.6 Å². The third-order valence-electron chi connectivity index (χ3n) is 3.79. The SMILES string of the molecule is Cc1nn(C)c(C)c1C1CCCc2nc(N)nn21. The zero-order valence-electron chi connectivity index (χ0n) is 11.0. The van der Waals surface area contributed by atoms with Gasteiger partial charge in [0.25, 0.3) is 0 Å². The van der Waals surface area contributed by atoms with Crippen molar-refractivity contribution in [2.45, 2.75) is 39.2 Å². The average Bonchev–Trinajstić information content (AvgIpc) is 2.80. The van der Waals surface area contributed by atoms with Crippen molar-refractivity contribution in [2.24, 2.45) is 7.05 Å². The molecule has 0 bridgehead atoms. The Kier molecular flexibility index (Phi) is 2.39. The molecular weight excluding hydrogens is 228 g/mol. The van der Waals surface area contributed by atoms with Crippen LogP contribution in [0.2, 0.25) is 0 Å². The standard InChI is InChI=1S/C12H18N6/c1-7-11(8(2)17(3)15-7)9-5-4-6-10-14-12(13)16-18(9)10/h9H,4-6H2,1-3H3,(H2,13,16). The first-order valence-electron chi connectivity index (χ1n) is 6.29. The summed E-state index contributed by atoms with van der Waals surface area (Å²) >= 11 is 0. The van der Waals surface area contributed by atoms with Gasteiger partial charge >= 0.3 is 0 Å². The van der Waals surface area contributed by atoms with Gasteiger partial charge in [0.05, 0.1) is 11.7 Å². The minimum Gasteiger partial charge on any atom is -0.366 e. The quantitative estimate of drug-likeness (QED) is 0.818. The average molecular weight is 246 g/mol. The number of hydrogen-bond acceptors (Lipinski definition) is 4. The summed E-state index contributed by atoms with van der Waals surface area (Å²) in [7, 11) is 1.98. The summed E-state index contributed by atoms with van der Waals surface area (Å²) in [4.78, 5) is 4.30. The highest BCUT2D eigenvalue weighted by atomic mass is 15.4. The van der Waals surface area contributed by atoms with E-state index in [4.69, 9.17) is 5.73 Å². The molecule has 1 aliphatic rings. The predicted molar refractivity (Wildman–Crippen MR) is 68.2 cm³/mol. The molecule has 2 aromatic rings. The monoisotopic (exact) mass is 246 g/mol. The number of rotatable bonds is 1. The Balaban J connectivity index is 2.13. The second-order valence-electron chi connectivity index (χ2n) is 4.95. The van der Waals surface area contributed by atoms with Crippen LogP contribution in [0, 0.1) is 13.8 Å². The van der Waals surface area contributed by atoms with Crippen LogP contribution in [-0.4, -0.2) is 24.5 Å². The molecule has 0 radical (unpaired) electrons. The van der Waals surface area contributed by atoms with Crippen molar-refractivity contribution in [3.05, 3.63) is 22.8 Å². The van der Waals surface area contributed by atoms with Gasteiger partial charge in [0.1, 0.15) is 5.82 Å². The highest BCUT2D eigenvalue weighted by Crippen LogP contribution is 2.33. The molecule has 0 amide bonds. The van der Waals surface area contributed by atoms with E-state index in [2.05, 4.69) is 29.0 Å². The molecule has 96 valence electrons. The van der Waals surface area contributed by atoms with Crippen LogP contribution in [0.5, 0.6) is 0 Å². The van der Waals surface area contributed by atoms with E-state index >= 15 is 0 Å². The maximum atomic E-state index is 5.72. The summed E-state index contributed by atoms with van der Waals surface area (Å²) in [6.07, 6.45) is 3.15. The Morgan fingerprint density at radius 2 is 2.06 bits per heavy atom. The smallest absolute Gasteiger partial charge is 0.239 e. The number of nitrogens with two attached hydrogens (primary N) is 1. The molecule has 6 heteroatoms. The normalized spacial score (nSPS) is 18.9. The Bertz CT molecular complexity index is 594. The van der Waals surface area contributed by atoms with E-state index in [0.717, 1.165) is 30.8 Å². The third kappa shape index (κ3) is 1.52. The van der Waals surface area contributed by atoms with Gasteiger partial charge in [0, 0.05) is 24.7 Å². The number of nitrogen functional groups attached to an aromatic ring is 1. The van der Waals surface area contributed by atoms with Crippen molar-refractivity contribution in [1.29, 1.82) is 0 Å². The highest BCUT2D eigenvalue weighted by molar-refractivity contribution is 5.30. The van der Waals surface area contributed by atoms with Crippen molar-refractivity contribution in [3.63, 3.8) is 0 Å². The van der Waals surface area contributed by atoms with Gasteiger partial charge in [-0.25, -0.2) is 4.68 Å². The molecule has 6 nitrogen and oxygen atoms in total. The first kappa shape index (κ1) is 11.3. The molecule has 3 heterocycles. The van der Waals surface area contributed by atoms with E-state index in [0.29, 0.717) is 5.95 Å². The van der Waals surface area contributed by atoms with E-state index in [-0.39, 0.29) is 6.04 Å². The zero-order valence-corrected chi connectivity index (χ0v) is 11.0. The van der Waals surface area contributed by atoms with Crippen LogP contribution in [0.3, 0.4) is 0 Å². The van der Waals surface area contributed by atoms with Crippen molar-refractivity contribution in [3.8, 4) is 0 Å². The van der Waals surface area contributed by atoms with Gasteiger partial charge < -0.3 is 5.73 Å². The summed E-state index contributed by atoms with van der Waals surface area (Å²) in [6.45, 7) is 4.15. The lowest BCUT2D eigenvalue weighted by Crippen LogP contribution is -2.21. The number of aryl methyl sites for hydroxylation is 3. The Hall–Kier alpha value is -1.85. The summed E-state index contributed by atoms with van der Waals surface area (Å²) in [5.74, 6) is 1.36. The van der Waals surface area contributed by atoms with Gasteiger partial charge in [-0.15, -0.1) is 5.10 Å². The molecule has 0 spiro atoms. The third-order valence-corrected chi connectivity index (χ3v) is 3.79. The lowest BCUT2D eigenvalue weighted by atomic mass is 9.96. The first-order valence-corrected chi connectivity index (χ1v) is 6.29. The van der Waals surface area contributed by atoms with Crippen molar-refractivity contribution in [2.75, 3.05) is 5.73 Å². The summed E-state index contributed by atoms with van der Waals surface area (Å²) in [6, 6.07) is 0.229. The Morgan fingerprint density at radius 3 is 2.72 bits per heavy atom. The summed E-state index contributed by atoms with van der Waals surface area (Å²) in [5.41, 5.74) is 9.25. The van der Waals surface area contributed by atoms with Crippen LogP contribution in [0.25, 0.3) is 0 Å². The van der Waals surface area contributed by atoms with Crippen LogP contribution in [-0.2, 0) is 13.5 Å². The molecule has 0 aromatic carbocycles. The zero-order chi connectivity index (χ0) is 12.9. The molecule has 0 aliphatic carbocycles. The lowest BCUT2D eigenvalue weighted by molar-refractivity contribution is 0.410. The van der Waals surface area contributed by atoms with E-state index in [1.54, 1.807) is 0 Å². The molecule has 1 atom stereocenters. The second-order valence-corrected chi connectivity index (χ2v) is 4.95. The largest absolute Gasteiger partial charge is 0.366 e. The molecule has 0 saturated carbocycles. The van der Waals surface area contributed by atoms with E-state index in [1.165, 1.54) is 11.3 Å². The van der Waals surface area contributed by atoms with Crippen molar-refractivity contribution in [1.82, 2.24) is 24.5 Å². The number of anilines is 1. The van der Waals surface area contributed by atoms with Crippen LogP contribution in [0.4, 0.5) is 5.95 Å². The van der Waals surface area contributed by atoms with Crippen molar-refractivity contribution >= 4 is 5.95 Å². The minimum absolute atomic E-state index is 0.229. The van der Waals surface area contributed by atoms with E-state index in [9.17, 15) is 0 Å². The predicted octanol–water partition coefficient (Wildman–Crippen LogP) is 1.14.